The van der Waals surface area contributed by atoms with Gasteiger partial charge in [-0.25, -0.2) is 4.79 Å². The maximum atomic E-state index is 12.4. The number of methoxy groups -OCH3 is 1. The second-order valence-electron chi connectivity index (χ2n) is 6.67. The summed E-state index contributed by atoms with van der Waals surface area (Å²) >= 11 is 1.72. The lowest BCUT2D eigenvalue weighted by Crippen LogP contribution is -2.38. The third kappa shape index (κ3) is 5.79. The summed E-state index contributed by atoms with van der Waals surface area (Å²) in [6, 6.07) is 11.1. The fourth-order valence-corrected chi connectivity index (χ4v) is 4.17. The van der Waals surface area contributed by atoms with E-state index in [9.17, 15) is 9.59 Å². The van der Waals surface area contributed by atoms with Gasteiger partial charge < -0.3 is 20.7 Å². The van der Waals surface area contributed by atoms with E-state index < -0.39 is 0 Å². The molecule has 3 N–H and O–H groups in total. The Morgan fingerprint density at radius 3 is 2.57 bits per heavy atom. The number of urea groups is 1. The Balaban J connectivity index is 1.55. The Morgan fingerprint density at radius 1 is 1.14 bits per heavy atom. The molecule has 150 valence electrons. The van der Waals surface area contributed by atoms with Gasteiger partial charge in [0.15, 0.2) is 0 Å². The van der Waals surface area contributed by atoms with E-state index in [0.717, 1.165) is 13.1 Å². The van der Waals surface area contributed by atoms with Crippen LogP contribution >= 0.6 is 11.3 Å². The largest absolute Gasteiger partial charge is 0.375 e. The molecule has 0 radical (unpaired) electrons. The smallest absolute Gasteiger partial charge is 0.319 e. The van der Waals surface area contributed by atoms with Gasteiger partial charge in [0.1, 0.15) is 6.61 Å². The van der Waals surface area contributed by atoms with Crippen LogP contribution in [0.25, 0.3) is 0 Å². The van der Waals surface area contributed by atoms with Crippen LogP contribution in [0.15, 0.2) is 41.8 Å². The molecule has 1 atom stereocenters. The number of rotatable bonds is 8. The van der Waals surface area contributed by atoms with Crippen molar-refractivity contribution in [2.75, 3.05) is 44.0 Å². The van der Waals surface area contributed by atoms with Gasteiger partial charge in [0.2, 0.25) is 5.91 Å². The molecule has 1 unspecified atom stereocenters. The van der Waals surface area contributed by atoms with Gasteiger partial charge in [0.25, 0.3) is 0 Å². The highest BCUT2D eigenvalue weighted by molar-refractivity contribution is 7.10. The normalized spacial score (nSPS) is 15.2. The van der Waals surface area contributed by atoms with Gasteiger partial charge >= 0.3 is 6.03 Å². The van der Waals surface area contributed by atoms with Crippen LogP contribution in [0.5, 0.6) is 0 Å². The van der Waals surface area contributed by atoms with Crippen molar-refractivity contribution in [3.8, 4) is 0 Å². The second kappa shape index (κ2) is 10.2. The fourth-order valence-electron chi connectivity index (χ4n) is 3.31. The summed E-state index contributed by atoms with van der Waals surface area (Å²) in [5, 5.41) is 10.6. The van der Waals surface area contributed by atoms with E-state index in [4.69, 9.17) is 4.74 Å². The highest BCUT2D eigenvalue weighted by Crippen LogP contribution is 2.27. The van der Waals surface area contributed by atoms with Gasteiger partial charge in [-0.05, 0) is 55.6 Å². The van der Waals surface area contributed by atoms with Crippen LogP contribution in [0.3, 0.4) is 0 Å². The summed E-state index contributed by atoms with van der Waals surface area (Å²) in [7, 11) is 1.47. The molecule has 0 aliphatic carbocycles. The molecule has 1 aliphatic heterocycles. The van der Waals surface area contributed by atoms with Crippen molar-refractivity contribution in [3.05, 3.63) is 46.7 Å². The van der Waals surface area contributed by atoms with Gasteiger partial charge in [-0.3, -0.25) is 9.69 Å². The lowest BCUT2D eigenvalue weighted by atomic mass is 10.2. The Morgan fingerprint density at radius 2 is 1.89 bits per heavy atom. The number of carbonyl (C=O) groups excluding carboxylic acids is 2. The molecule has 1 fully saturated rings. The first-order valence-electron chi connectivity index (χ1n) is 9.37. The third-order valence-electron chi connectivity index (χ3n) is 4.59. The lowest BCUT2D eigenvalue weighted by molar-refractivity contribution is -0.119. The maximum Gasteiger partial charge on any atom is 0.319 e. The number of carbonyl (C=O) groups is 2. The summed E-state index contributed by atoms with van der Waals surface area (Å²) in [6.45, 7) is 2.67. The average molecular weight is 403 g/mol. The molecule has 8 heteroatoms. The number of thiophene rings is 1. The standard InChI is InChI=1S/C20H26N4O3S/c1-27-14-19(25)22-15-6-4-7-16(12-15)23-20(26)21-13-17(18-8-5-11-28-18)24-9-2-3-10-24/h4-8,11-12,17H,2-3,9-10,13-14H2,1H3,(H,22,25)(H2,21,23,26). The maximum absolute atomic E-state index is 12.4. The summed E-state index contributed by atoms with van der Waals surface area (Å²) in [4.78, 5) is 27.7. The number of likely N-dealkylation sites (tertiary alicyclic amines) is 1. The summed E-state index contributed by atoms with van der Waals surface area (Å²) in [5.74, 6) is -0.242. The van der Waals surface area contributed by atoms with Crippen LogP contribution in [0.4, 0.5) is 16.2 Å². The minimum Gasteiger partial charge on any atom is -0.375 e. The molecule has 3 rings (SSSR count). The number of hydrogen-bond donors (Lipinski definition) is 3. The summed E-state index contributed by atoms with van der Waals surface area (Å²) < 4.78 is 4.80. The molecule has 1 aromatic heterocycles. The molecule has 1 aliphatic rings. The Kier molecular flexibility index (Phi) is 7.41. The second-order valence-corrected chi connectivity index (χ2v) is 7.65. The first kappa shape index (κ1) is 20.3. The minimum absolute atomic E-state index is 0.0151. The van der Waals surface area contributed by atoms with Crippen molar-refractivity contribution in [2.24, 2.45) is 0 Å². The topological polar surface area (TPSA) is 82.7 Å². The predicted octanol–water partition coefficient (Wildman–Crippen LogP) is 3.29. The van der Waals surface area contributed by atoms with E-state index in [2.05, 4.69) is 32.3 Å². The number of nitrogens with one attached hydrogen (secondary N) is 3. The van der Waals surface area contributed by atoms with Crippen LogP contribution in [-0.2, 0) is 9.53 Å². The highest BCUT2D eigenvalue weighted by atomic mass is 32.1. The molecular formula is C20H26N4O3S. The minimum atomic E-state index is -0.263. The van der Waals surface area contributed by atoms with E-state index in [1.54, 1.807) is 35.6 Å². The van der Waals surface area contributed by atoms with E-state index >= 15 is 0 Å². The van der Waals surface area contributed by atoms with E-state index in [1.165, 1.54) is 24.8 Å². The molecule has 1 aromatic carbocycles. The predicted molar refractivity (Wildman–Crippen MR) is 112 cm³/mol. The molecule has 2 heterocycles. The van der Waals surface area contributed by atoms with E-state index in [1.807, 2.05) is 6.07 Å². The highest BCUT2D eigenvalue weighted by Gasteiger charge is 2.24. The Labute approximate surface area is 169 Å². The van der Waals surface area contributed by atoms with Crippen molar-refractivity contribution in [1.29, 1.82) is 0 Å². The van der Waals surface area contributed by atoms with E-state index in [-0.39, 0.29) is 24.6 Å². The quantitative estimate of drug-likeness (QED) is 0.633. The van der Waals surface area contributed by atoms with Crippen LogP contribution in [-0.4, -0.2) is 50.2 Å². The van der Waals surface area contributed by atoms with Gasteiger partial charge in [-0.1, -0.05) is 12.1 Å². The SMILES string of the molecule is COCC(=O)Nc1cccc(NC(=O)NCC(c2cccs2)N2CCCC2)c1. The van der Waals surface area contributed by atoms with Crippen LogP contribution in [0.2, 0.25) is 0 Å². The first-order valence-corrected chi connectivity index (χ1v) is 10.2. The van der Waals surface area contributed by atoms with Crippen molar-refractivity contribution in [1.82, 2.24) is 10.2 Å². The molecule has 3 amide bonds. The number of ether oxygens (including phenoxy) is 1. The zero-order chi connectivity index (χ0) is 19.8. The summed E-state index contributed by atoms with van der Waals surface area (Å²) in [5.41, 5.74) is 1.22. The fraction of sp³-hybridized carbons (Fsp3) is 0.400. The molecule has 0 spiro atoms. The zero-order valence-electron chi connectivity index (χ0n) is 15.9. The summed E-state index contributed by atoms with van der Waals surface area (Å²) in [6.07, 6.45) is 2.41. The van der Waals surface area contributed by atoms with Gasteiger partial charge in [-0.2, -0.15) is 0 Å². The Hall–Kier alpha value is -2.42. The molecule has 28 heavy (non-hydrogen) atoms. The van der Waals surface area contributed by atoms with E-state index in [0.29, 0.717) is 17.9 Å². The molecule has 7 nitrogen and oxygen atoms in total. The number of nitrogens with zero attached hydrogens (tertiary/aromatic N) is 1. The lowest BCUT2D eigenvalue weighted by Gasteiger charge is -2.27. The van der Waals surface area contributed by atoms with Crippen molar-refractivity contribution in [3.63, 3.8) is 0 Å². The van der Waals surface area contributed by atoms with Gasteiger partial charge in [0.05, 0.1) is 6.04 Å². The number of benzene rings is 1. The number of anilines is 2. The molecule has 2 aromatic rings. The van der Waals surface area contributed by atoms with Crippen LogP contribution in [0.1, 0.15) is 23.8 Å². The monoisotopic (exact) mass is 402 g/mol. The van der Waals surface area contributed by atoms with Crippen LogP contribution in [0, 0.1) is 0 Å². The van der Waals surface area contributed by atoms with Crippen molar-refractivity contribution < 1.29 is 14.3 Å². The molecular weight excluding hydrogens is 376 g/mol. The molecule has 0 saturated carbocycles. The van der Waals surface area contributed by atoms with Gasteiger partial charge in [0, 0.05) is 29.9 Å². The third-order valence-corrected chi connectivity index (χ3v) is 5.56. The molecule has 1 saturated heterocycles. The molecule has 0 bridgehead atoms. The number of amides is 3. The Bertz CT molecular complexity index is 776. The number of hydrogen-bond acceptors (Lipinski definition) is 5. The van der Waals surface area contributed by atoms with Crippen molar-refractivity contribution in [2.45, 2.75) is 18.9 Å². The van der Waals surface area contributed by atoms with Gasteiger partial charge in [-0.15, -0.1) is 11.3 Å². The average Bonchev–Trinajstić information content (AvgIpc) is 3.37. The first-order chi connectivity index (χ1) is 13.7. The van der Waals surface area contributed by atoms with Crippen LogP contribution < -0.4 is 16.0 Å². The van der Waals surface area contributed by atoms with Crippen molar-refractivity contribution >= 4 is 34.6 Å². The zero-order valence-corrected chi connectivity index (χ0v) is 16.8.